The van der Waals surface area contributed by atoms with Crippen LogP contribution in [0.5, 0.6) is 0 Å². The standard InChI is InChI=1S/C9H16N4/c1-3-7(2)8(13-10)9-11-5-4-6-12-9/h4-8,13H,3,10H2,1-2H3. The molecular weight excluding hydrogens is 164 g/mol. The van der Waals surface area contributed by atoms with E-state index in [1.807, 2.05) is 0 Å². The monoisotopic (exact) mass is 180 g/mol. The molecule has 2 unspecified atom stereocenters. The van der Waals surface area contributed by atoms with Crippen molar-refractivity contribution >= 4 is 0 Å². The van der Waals surface area contributed by atoms with Gasteiger partial charge in [-0.2, -0.15) is 0 Å². The van der Waals surface area contributed by atoms with Crippen molar-refractivity contribution in [1.82, 2.24) is 15.4 Å². The van der Waals surface area contributed by atoms with Gasteiger partial charge in [0, 0.05) is 12.4 Å². The summed E-state index contributed by atoms with van der Waals surface area (Å²) < 4.78 is 0. The fourth-order valence-electron chi connectivity index (χ4n) is 1.20. The Hall–Kier alpha value is -1.00. The lowest BCUT2D eigenvalue weighted by Gasteiger charge is -2.19. The minimum Gasteiger partial charge on any atom is -0.271 e. The predicted molar refractivity (Wildman–Crippen MR) is 51.6 cm³/mol. The summed E-state index contributed by atoms with van der Waals surface area (Å²) in [6.45, 7) is 4.25. The second kappa shape index (κ2) is 4.89. The zero-order valence-electron chi connectivity index (χ0n) is 8.07. The van der Waals surface area contributed by atoms with Gasteiger partial charge >= 0.3 is 0 Å². The van der Waals surface area contributed by atoms with Crippen LogP contribution in [0.3, 0.4) is 0 Å². The maximum Gasteiger partial charge on any atom is 0.146 e. The van der Waals surface area contributed by atoms with Crippen LogP contribution in [0, 0.1) is 5.92 Å². The summed E-state index contributed by atoms with van der Waals surface area (Å²) in [4.78, 5) is 8.33. The third-order valence-electron chi connectivity index (χ3n) is 2.26. The Bertz CT molecular complexity index is 237. The van der Waals surface area contributed by atoms with Gasteiger partial charge in [0.15, 0.2) is 0 Å². The summed E-state index contributed by atoms with van der Waals surface area (Å²) in [5.41, 5.74) is 2.74. The Morgan fingerprint density at radius 3 is 2.54 bits per heavy atom. The summed E-state index contributed by atoms with van der Waals surface area (Å²) in [5, 5.41) is 0. The van der Waals surface area contributed by atoms with Gasteiger partial charge in [-0.05, 0) is 12.0 Å². The number of hydrazine groups is 1. The molecule has 13 heavy (non-hydrogen) atoms. The van der Waals surface area contributed by atoms with Crippen molar-refractivity contribution in [3.05, 3.63) is 24.3 Å². The van der Waals surface area contributed by atoms with Crippen LogP contribution >= 0.6 is 0 Å². The normalized spacial score (nSPS) is 15.3. The lowest BCUT2D eigenvalue weighted by atomic mass is 9.99. The van der Waals surface area contributed by atoms with Gasteiger partial charge in [-0.15, -0.1) is 0 Å². The van der Waals surface area contributed by atoms with E-state index >= 15 is 0 Å². The van der Waals surface area contributed by atoms with Crippen LogP contribution in [0.25, 0.3) is 0 Å². The SMILES string of the molecule is CCC(C)C(NN)c1ncccn1. The first-order valence-corrected chi connectivity index (χ1v) is 4.52. The Balaban J connectivity index is 2.78. The van der Waals surface area contributed by atoms with Gasteiger partial charge in [-0.25, -0.2) is 15.4 Å². The molecule has 0 aromatic carbocycles. The van der Waals surface area contributed by atoms with E-state index in [0.29, 0.717) is 5.92 Å². The van der Waals surface area contributed by atoms with Gasteiger partial charge in [-0.3, -0.25) is 5.84 Å². The molecule has 1 heterocycles. The molecule has 0 amide bonds. The van der Waals surface area contributed by atoms with E-state index in [-0.39, 0.29) is 6.04 Å². The summed E-state index contributed by atoms with van der Waals surface area (Å²) in [6, 6.07) is 1.85. The molecular formula is C9H16N4. The van der Waals surface area contributed by atoms with Crippen molar-refractivity contribution in [3.8, 4) is 0 Å². The number of hydrogen-bond acceptors (Lipinski definition) is 4. The van der Waals surface area contributed by atoms with Gasteiger partial charge in [0.2, 0.25) is 0 Å². The first kappa shape index (κ1) is 10.1. The molecule has 1 rings (SSSR count). The van der Waals surface area contributed by atoms with E-state index in [9.17, 15) is 0 Å². The van der Waals surface area contributed by atoms with Gasteiger partial charge < -0.3 is 0 Å². The molecule has 0 bridgehead atoms. The van der Waals surface area contributed by atoms with Crippen LogP contribution in [0.15, 0.2) is 18.5 Å². The van der Waals surface area contributed by atoms with Crippen LogP contribution in [-0.4, -0.2) is 9.97 Å². The van der Waals surface area contributed by atoms with E-state index in [1.165, 1.54) is 0 Å². The molecule has 0 aliphatic carbocycles. The molecule has 3 N–H and O–H groups in total. The van der Waals surface area contributed by atoms with Crippen molar-refractivity contribution in [3.63, 3.8) is 0 Å². The number of rotatable bonds is 4. The van der Waals surface area contributed by atoms with E-state index in [1.54, 1.807) is 18.5 Å². The zero-order chi connectivity index (χ0) is 9.68. The number of nitrogens with two attached hydrogens (primary N) is 1. The fourth-order valence-corrected chi connectivity index (χ4v) is 1.20. The van der Waals surface area contributed by atoms with Crippen LogP contribution in [0.4, 0.5) is 0 Å². The number of nitrogens with one attached hydrogen (secondary N) is 1. The molecule has 4 heteroatoms. The highest BCUT2D eigenvalue weighted by Crippen LogP contribution is 2.19. The molecule has 0 fully saturated rings. The van der Waals surface area contributed by atoms with Gasteiger partial charge in [0.05, 0.1) is 6.04 Å². The summed E-state index contributed by atoms with van der Waals surface area (Å²) in [5.74, 6) is 6.65. The van der Waals surface area contributed by atoms with Crippen molar-refractivity contribution < 1.29 is 0 Å². The van der Waals surface area contributed by atoms with Crippen molar-refractivity contribution in [1.29, 1.82) is 0 Å². The lowest BCUT2D eigenvalue weighted by molar-refractivity contribution is 0.367. The highest BCUT2D eigenvalue weighted by atomic mass is 15.2. The number of aromatic nitrogens is 2. The lowest BCUT2D eigenvalue weighted by Crippen LogP contribution is -2.33. The largest absolute Gasteiger partial charge is 0.271 e. The smallest absolute Gasteiger partial charge is 0.146 e. The molecule has 0 aliphatic rings. The zero-order valence-corrected chi connectivity index (χ0v) is 8.07. The Kier molecular flexibility index (Phi) is 3.79. The van der Waals surface area contributed by atoms with Crippen LogP contribution in [0.2, 0.25) is 0 Å². The summed E-state index contributed by atoms with van der Waals surface area (Å²) >= 11 is 0. The van der Waals surface area contributed by atoms with Crippen molar-refractivity contribution in [2.24, 2.45) is 11.8 Å². The molecule has 2 atom stereocenters. The van der Waals surface area contributed by atoms with Crippen molar-refractivity contribution in [2.45, 2.75) is 26.3 Å². The van der Waals surface area contributed by atoms with Crippen LogP contribution < -0.4 is 11.3 Å². The summed E-state index contributed by atoms with van der Waals surface area (Å²) in [6.07, 6.45) is 4.51. The first-order valence-electron chi connectivity index (χ1n) is 4.52. The van der Waals surface area contributed by atoms with Crippen molar-refractivity contribution in [2.75, 3.05) is 0 Å². The van der Waals surface area contributed by atoms with Gasteiger partial charge in [0.25, 0.3) is 0 Å². The molecule has 0 aliphatic heterocycles. The Labute approximate surface area is 78.6 Å². The molecule has 0 spiro atoms. The molecule has 0 saturated carbocycles. The molecule has 4 nitrogen and oxygen atoms in total. The molecule has 1 aromatic rings. The molecule has 72 valence electrons. The average molecular weight is 180 g/mol. The third-order valence-corrected chi connectivity index (χ3v) is 2.26. The van der Waals surface area contributed by atoms with Crippen LogP contribution in [-0.2, 0) is 0 Å². The fraction of sp³-hybridized carbons (Fsp3) is 0.556. The maximum atomic E-state index is 5.45. The third kappa shape index (κ3) is 2.47. The quantitative estimate of drug-likeness (QED) is 0.536. The van der Waals surface area contributed by atoms with Gasteiger partial charge in [0.1, 0.15) is 5.82 Å². The predicted octanol–water partition coefficient (Wildman–Crippen LogP) is 1.03. The maximum absolute atomic E-state index is 5.45. The van der Waals surface area contributed by atoms with Crippen LogP contribution in [0.1, 0.15) is 32.1 Å². The minimum atomic E-state index is 0.0474. The Morgan fingerprint density at radius 1 is 1.46 bits per heavy atom. The van der Waals surface area contributed by atoms with E-state index in [0.717, 1.165) is 12.2 Å². The van der Waals surface area contributed by atoms with E-state index in [4.69, 9.17) is 5.84 Å². The second-order valence-electron chi connectivity index (χ2n) is 3.14. The van der Waals surface area contributed by atoms with Gasteiger partial charge in [-0.1, -0.05) is 20.3 Å². The van der Waals surface area contributed by atoms with E-state index in [2.05, 4.69) is 29.2 Å². The summed E-state index contributed by atoms with van der Waals surface area (Å²) in [7, 11) is 0. The average Bonchev–Trinajstić information content (AvgIpc) is 2.20. The second-order valence-corrected chi connectivity index (χ2v) is 3.14. The highest BCUT2D eigenvalue weighted by Gasteiger charge is 2.18. The molecule has 0 radical (unpaired) electrons. The highest BCUT2D eigenvalue weighted by molar-refractivity contribution is 4.96. The number of nitrogens with zero attached hydrogens (tertiary/aromatic N) is 2. The topological polar surface area (TPSA) is 63.8 Å². The minimum absolute atomic E-state index is 0.0474. The first-order chi connectivity index (χ1) is 6.29. The Morgan fingerprint density at radius 2 is 2.08 bits per heavy atom. The van der Waals surface area contributed by atoms with E-state index < -0.39 is 0 Å². The number of hydrogen-bond donors (Lipinski definition) is 2. The molecule has 0 saturated heterocycles. The molecule has 1 aromatic heterocycles.